The molecule has 0 atom stereocenters. The first-order valence-electron chi connectivity index (χ1n) is 17.2. The van der Waals surface area contributed by atoms with Crippen LogP contribution in [0, 0.1) is 5.92 Å². The smallest absolute Gasteiger partial charge is 0.0361 e. The molecule has 1 saturated carbocycles. The van der Waals surface area contributed by atoms with Crippen molar-refractivity contribution in [2.45, 2.75) is 81.9 Å². The van der Waals surface area contributed by atoms with Crippen LogP contribution in [0.15, 0.2) is 64.6 Å². The van der Waals surface area contributed by atoms with Gasteiger partial charge in [-0.3, -0.25) is 0 Å². The number of rotatable bonds is 8. The monoisotopic (exact) mass is 623 g/mol. The molecule has 4 aliphatic rings. The topological polar surface area (TPSA) is 16.2 Å². The number of hydrogen-bond acceptors (Lipinski definition) is 7. The van der Waals surface area contributed by atoms with E-state index in [1.54, 1.807) is 11.1 Å². The molecule has 7 heteroatoms. The van der Waals surface area contributed by atoms with Crippen LogP contribution in [0.3, 0.4) is 0 Å². The van der Waals surface area contributed by atoms with Crippen LogP contribution < -0.4 is 4.90 Å². The molecule has 0 spiro atoms. The van der Waals surface area contributed by atoms with Gasteiger partial charge >= 0.3 is 0 Å². The van der Waals surface area contributed by atoms with Gasteiger partial charge in [0, 0.05) is 82.6 Å². The lowest BCUT2D eigenvalue weighted by Crippen LogP contribution is -2.37. The van der Waals surface area contributed by atoms with E-state index >= 15 is 0 Å². The summed E-state index contributed by atoms with van der Waals surface area (Å²) in [5.41, 5.74) is 5.84. The van der Waals surface area contributed by atoms with Crippen molar-refractivity contribution in [2.75, 3.05) is 77.9 Å². The van der Waals surface area contributed by atoms with Gasteiger partial charge < -0.3 is 9.80 Å². The minimum atomic E-state index is 0.904. The van der Waals surface area contributed by atoms with Crippen molar-refractivity contribution in [3.05, 3.63) is 59.7 Å². The summed E-state index contributed by atoms with van der Waals surface area (Å²) in [6.45, 7) is 14.7. The summed E-state index contributed by atoms with van der Waals surface area (Å²) >= 11 is 3.90. The fourth-order valence-corrected chi connectivity index (χ4v) is 9.20. The SMILES string of the molecule is C=C1CN(Sc2ccc(N(C)C)cc2)CCCN(CC2CCCCC2)CCCN(SN2CC=C(C3=CCCCC3)CC2)C1. The van der Waals surface area contributed by atoms with Crippen molar-refractivity contribution in [3.8, 4) is 0 Å². The fraction of sp³-hybridized carbons (Fsp3) is 0.667. The molecule has 2 heterocycles. The lowest BCUT2D eigenvalue weighted by Gasteiger charge is -2.35. The molecule has 43 heavy (non-hydrogen) atoms. The molecule has 1 aromatic rings. The van der Waals surface area contributed by atoms with Crippen LogP contribution in [-0.4, -0.2) is 90.8 Å². The minimum Gasteiger partial charge on any atom is -0.378 e. The molecule has 2 fully saturated rings. The molecule has 2 aliphatic carbocycles. The molecule has 1 saturated heterocycles. The molecule has 5 rings (SSSR count). The van der Waals surface area contributed by atoms with E-state index in [0.717, 1.165) is 45.2 Å². The molecule has 0 N–H and O–H groups in total. The van der Waals surface area contributed by atoms with Crippen LogP contribution in [0.4, 0.5) is 5.69 Å². The maximum Gasteiger partial charge on any atom is 0.0361 e. The van der Waals surface area contributed by atoms with Gasteiger partial charge in [0.2, 0.25) is 0 Å². The van der Waals surface area contributed by atoms with E-state index in [2.05, 4.69) is 79.8 Å². The number of allylic oxidation sites excluding steroid dienone is 2. The standard InChI is InChI=1S/C36H57N5S2/c1-31-28-40(42-36-18-16-35(17-19-36)37(2)3)24-10-22-38(30-32-12-6-4-7-13-32)23-11-25-41(29-31)43-39-26-20-34(21-27-39)33-14-8-5-9-15-33/h14,16-20,32H,1,4-13,15,21-30H2,2-3H3. The quantitative estimate of drug-likeness (QED) is 0.211. The molecular formula is C36H57N5S2. The number of benzene rings is 1. The van der Waals surface area contributed by atoms with Gasteiger partial charge in [0.25, 0.3) is 0 Å². The average Bonchev–Trinajstić information content (AvgIpc) is 3.02. The van der Waals surface area contributed by atoms with Crippen molar-refractivity contribution in [3.63, 3.8) is 0 Å². The van der Waals surface area contributed by atoms with Crippen LogP contribution in [-0.2, 0) is 0 Å². The summed E-state index contributed by atoms with van der Waals surface area (Å²) in [5, 5.41) is 0. The van der Waals surface area contributed by atoms with Gasteiger partial charge in [-0.15, -0.1) is 0 Å². The summed E-state index contributed by atoms with van der Waals surface area (Å²) in [6.07, 6.45) is 21.2. The van der Waals surface area contributed by atoms with Gasteiger partial charge in [-0.25, -0.2) is 12.9 Å². The zero-order chi connectivity index (χ0) is 29.9. The Kier molecular flexibility index (Phi) is 13.5. The van der Waals surface area contributed by atoms with E-state index < -0.39 is 0 Å². The molecule has 0 amide bonds. The summed E-state index contributed by atoms with van der Waals surface area (Å²) in [7, 11) is 4.22. The number of nitrogens with zero attached hydrogens (tertiary/aromatic N) is 5. The lowest BCUT2D eigenvalue weighted by molar-refractivity contribution is 0.189. The molecule has 2 aliphatic heterocycles. The first kappa shape index (κ1) is 33.2. The predicted molar refractivity (Wildman–Crippen MR) is 190 cm³/mol. The van der Waals surface area contributed by atoms with Crippen LogP contribution in [0.5, 0.6) is 0 Å². The van der Waals surface area contributed by atoms with E-state index in [-0.39, 0.29) is 0 Å². The predicted octanol–water partition coefficient (Wildman–Crippen LogP) is 8.29. The number of anilines is 1. The Morgan fingerprint density at radius 3 is 2.14 bits per heavy atom. The highest BCUT2D eigenvalue weighted by Gasteiger charge is 2.22. The van der Waals surface area contributed by atoms with Gasteiger partial charge in [-0.05, 0) is 130 Å². The summed E-state index contributed by atoms with van der Waals surface area (Å²) < 4.78 is 7.78. The van der Waals surface area contributed by atoms with E-state index in [4.69, 9.17) is 0 Å². The molecule has 238 valence electrons. The third-order valence-electron chi connectivity index (χ3n) is 9.50. The van der Waals surface area contributed by atoms with Crippen molar-refractivity contribution in [1.29, 1.82) is 0 Å². The van der Waals surface area contributed by atoms with Crippen LogP contribution >= 0.6 is 24.1 Å². The first-order chi connectivity index (χ1) is 21.0. The third-order valence-corrected chi connectivity index (χ3v) is 11.7. The second-order valence-electron chi connectivity index (χ2n) is 13.4. The largest absolute Gasteiger partial charge is 0.378 e. The molecule has 0 radical (unpaired) electrons. The van der Waals surface area contributed by atoms with Gasteiger partial charge in [-0.2, -0.15) is 0 Å². The Morgan fingerprint density at radius 1 is 0.744 bits per heavy atom. The van der Waals surface area contributed by atoms with Crippen molar-refractivity contribution in [2.24, 2.45) is 5.92 Å². The Balaban J connectivity index is 1.22. The Morgan fingerprint density at radius 2 is 1.47 bits per heavy atom. The van der Waals surface area contributed by atoms with Crippen molar-refractivity contribution < 1.29 is 0 Å². The van der Waals surface area contributed by atoms with Crippen LogP contribution in [0.2, 0.25) is 0 Å². The summed E-state index contributed by atoms with van der Waals surface area (Å²) in [6, 6.07) is 9.03. The number of hydrogen-bond donors (Lipinski definition) is 0. The van der Waals surface area contributed by atoms with Crippen molar-refractivity contribution >= 4 is 29.8 Å². The Labute approximate surface area is 272 Å². The van der Waals surface area contributed by atoms with E-state index in [9.17, 15) is 0 Å². The minimum absolute atomic E-state index is 0.904. The summed E-state index contributed by atoms with van der Waals surface area (Å²) in [4.78, 5) is 6.31. The molecule has 1 aromatic carbocycles. The van der Waals surface area contributed by atoms with Gasteiger partial charge in [0.1, 0.15) is 0 Å². The van der Waals surface area contributed by atoms with E-state index in [0.29, 0.717) is 0 Å². The fourth-order valence-electron chi connectivity index (χ4n) is 7.09. The highest BCUT2D eigenvalue weighted by atomic mass is 32.2. The van der Waals surface area contributed by atoms with Crippen LogP contribution in [0.1, 0.15) is 77.0 Å². The molecule has 5 nitrogen and oxygen atoms in total. The molecular weight excluding hydrogens is 567 g/mol. The molecule has 0 unspecified atom stereocenters. The molecule has 0 aromatic heterocycles. The summed E-state index contributed by atoms with van der Waals surface area (Å²) in [5.74, 6) is 0.904. The van der Waals surface area contributed by atoms with Crippen LogP contribution in [0.25, 0.3) is 0 Å². The van der Waals surface area contributed by atoms with Gasteiger partial charge in [0.05, 0.1) is 0 Å². The molecule has 0 bridgehead atoms. The average molecular weight is 624 g/mol. The Bertz CT molecular complexity index is 1060. The zero-order valence-electron chi connectivity index (χ0n) is 27.2. The lowest BCUT2D eigenvalue weighted by atomic mass is 9.89. The maximum atomic E-state index is 4.62. The normalized spacial score (nSPS) is 23.7. The van der Waals surface area contributed by atoms with E-state index in [1.165, 1.54) is 113 Å². The second-order valence-corrected chi connectivity index (χ2v) is 15.8. The van der Waals surface area contributed by atoms with E-state index in [1.807, 2.05) is 24.1 Å². The van der Waals surface area contributed by atoms with Crippen molar-refractivity contribution in [1.82, 2.24) is 17.8 Å². The second kappa shape index (κ2) is 17.5. The highest BCUT2D eigenvalue weighted by Crippen LogP contribution is 2.32. The maximum absolute atomic E-state index is 4.62. The Hall–Kier alpha value is -1.22. The first-order valence-corrected chi connectivity index (χ1v) is 18.7. The van der Waals surface area contributed by atoms with Gasteiger partial charge in [0.15, 0.2) is 0 Å². The highest BCUT2D eigenvalue weighted by molar-refractivity contribution is 7.97. The zero-order valence-corrected chi connectivity index (χ0v) is 28.8. The van der Waals surface area contributed by atoms with Gasteiger partial charge in [-0.1, -0.05) is 38.0 Å². The third kappa shape index (κ3) is 11.0.